The Morgan fingerprint density at radius 2 is 2.10 bits per heavy atom. The van der Waals surface area contributed by atoms with Crippen LogP contribution in [0.4, 0.5) is 0 Å². The van der Waals surface area contributed by atoms with Gasteiger partial charge in [0.2, 0.25) is 0 Å². The van der Waals surface area contributed by atoms with Crippen molar-refractivity contribution >= 4 is 0 Å². The Morgan fingerprint density at radius 3 is 2.70 bits per heavy atom. The second-order valence-electron chi connectivity index (χ2n) is 1.92. The Bertz CT molecular complexity index is 249. The fraction of sp³-hybridized carbons (Fsp3) is 0. The van der Waals surface area contributed by atoms with E-state index in [0.29, 0.717) is 0 Å². The summed E-state index contributed by atoms with van der Waals surface area (Å²) in [7, 11) is 0. The fourth-order valence-corrected chi connectivity index (χ4v) is 0.809. The summed E-state index contributed by atoms with van der Waals surface area (Å²) in [5, 5.41) is 10.0. The average Bonchev–Trinajstić information content (AvgIpc) is 2.59. The number of nitrogens with one attached hydrogen (secondary N) is 1. The van der Waals surface area contributed by atoms with Gasteiger partial charge in [0.05, 0.1) is 6.20 Å². The van der Waals surface area contributed by atoms with Crippen molar-refractivity contribution in [3.63, 3.8) is 0 Å². The van der Waals surface area contributed by atoms with Gasteiger partial charge in [0.1, 0.15) is 0 Å². The molecule has 50 valence electrons. The Labute approximate surface area is 57.5 Å². The van der Waals surface area contributed by atoms with Gasteiger partial charge in [-0.15, -0.1) is 5.10 Å². The molecule has 0 fully saturated rings. The highest BCUT2D eigenvalue weighted by molar-refractivity contribution is 5.16. The molecule has 2 rings (SSSR count). The lowest BCUT2D eigenvalue weighted by Gasteiger charge is -1.90. The summed E-state index contributed by atoms with van der Waals surface area (Å²) >= 11 is 0. The molecule has 2 aromatic heterocycles. The summed E-state index contributed by atoms with van der Waals surface area (Å²) in [5.74, 6) is 0.810. The van der Waals surface area contributed by atoms with Crippen LogP contribution in [0.2, 0.25) is 0 Å². The summed E-state index contributed by atoms with van der Waals surface area (Å²) in [6.07, 6.45) is 5.57. The maximum atomic E-state index is 3.82. The molecule has 4 nitrogen and oxygen atoms in total. The van der Waals surface area contributed by atoms with Crippen LogP contribution in [0.25, 0.3) is 5.82 Å². The van der Waals surface area contributed by atoms with Crippen LogP contribution in [0.15, 0.2) is 30.7 Å². The van der Waals surface area contributed by atoms with Crippen molar-refractivity contribution in [2.24, 2.45) is 0 Å². The van der Waals surface area contributed by atoms with Crippen molar-refractivity contribution in [3.8, 4) is 5.82 Å². The van der Waals surface area contributed by atoms with Gasteiger partial charge < -0.3 is 4.57 Å². The van der Waals surface area contributed by atoms with Gasteiger partial charge in [-0.25, -0.2) is 0 Å². The number of hydrogen-bond acceptors (Lipinski definition) is 2. The lowest BCUT2D eigenvalue weighted by atomic mass is 10.7. The largest absolute Gasteiger partial charge is 0.306 e. The molecule has 0 aromatic carbocycles. The van der Waals surface area contributed by atoms with E-state index in [0.717, 1.165) is 5.82 Å². The van der Waals surface area contributed by atoms with E-state index in [1.807, 2.05) is 29.1 Å². The van der Waals surface area contributed by atoms with Crippen LogP contribution >= 0.6 is 0 Å². The second kappa shape index (κ2) is 1.98. The van der Waals surface area contributed by atoms with Gasteiger partial charge in [0, 0.05) is 12.4 Å². The average molecular weight is 134 g/mol. The molecule has 0 saturated carbocycles. The van der Waals surface area contributed by atoms with Gasteiger partial charge in [-0.05, 0) is 12.1 Å². The normalized spacial score (nSPS) is 10.0. The van der Waals surface area contributed by atoms with Crippen LogP contribution in [0, 0.1) is 0 Å². The van der Waals surface area contributed by atoms with Gasteiger partial charge >= 0.3 is 0 Å². The van der Waals surface area contributed by atoms with E-state index >= 15 is 0 Å². The van der Waals surface area contributed by atoms with E-state index in [9.17, 15) is 0 Å². The number of aromatic amines is 1. The van der Waals surface area contributed by atoms with Gasteiger partial charge in [0.25, 0.3) is 0 Å². The van der Waals surface area contributed by atoms with Gasteiger partial charge in [-0.1, -0.05) is 5.21 Å². The topological polar surface area (TPSA) is 46.5 Å². The van der Waals surface area contributed by atoms with Crippen molar-refractivity contribution in [1.29, 1.82) is 0 Å². The smallest absolute Gasteiger partial charge is 0.178 e. The van der Waals surface area contributed by atoms with Crippen LogP contribution in [0.3, 0.4) is 0 Å². The summed E-state index contributed by atoms with van der Waals surface area (Å²) in [6.45, 7) is 0. The SMILES string of the molecule is c1ccn(-c2c[nH]nn2)c1. The molecule has 0 atom stereocenters. The van der Waals surface area contributed by atoms with Gasteiger partial charge in [-0.3, -0.25) is 5.10 Å². The van der Waals surface area contributed by atoms with Crippen molar-refractivity contribution in [3.05, 3.63) is 30.7 Å². The van der Waals surface area contributed by atoms with Crippen LogP contribution in [0.5, 0.6) is 0 Å². The molecule has 0 bridgehead atoms. The number of rotatable bonds is 1. The number of H-pyrrole nitrogens is 1. The van der Waals surface area contributed by atoms with E-state index in [1.54, 1.807) is 6.20 Å². The summed E-state index contributed by atoms with van der Waals surface area (Å²) < 4.78 is 1.88. The molecule has 0 saturated heterocycles. The molecule has 2 heterocycles. The molecule has 2 aromatic rings. The standard InChI is InChI=1S/C6H6N4/c1-2-4-10(3-1)6-5-7-9-8-6/h1-5H,(H,7,8,9). The highest BCUT2D eigenvalue weighted by Gasteiger charge is 1.93. The summed E-state index contributed by atoms with van der Waals surface area (Å²) in [6, 6.07) is 3.88. The number of nitrogens with zero attached hydrogens (tertiary/aromatic N) is 3. The fourth-order valence-electron chi connectivity index (χ4n) is 0.809. The predicted molar refractivity (Wildman–Crippen MR) is 35.7 cm³/mol. The van der Waals surface area contributed by atoms with Crippen molar-refractivity contribution in [2.45, 2.75) is 0 Å². The first-order valence-corrected chi connectivity index (χ1v) is 2.96. The minimum Gasteiger partial charge on any atom is -0.306 e. The van der Waals surface area contributed by atoms with Crippen LogP contribution in [-0.4, -0.2) is 20.0 Å². The molecule has 0 radical (unpaired) electrons. The molecule has 1 N–H and O–H groups in total. The van der Waals surface area contributed by atoms with Crippen LogP contribution < -0.4 is 0 Å². The van der Waals surface area contributed by atoms with Gasteiger partial charge in [-0.2, -0.15) is 0 Å². The second-order valence-corrected chi connectivity index (χ2v) is 1.92. The first-order chi connectivity index (χ1) is 4.97. The third-order valence-corrected chi connectivity index (χ3v) is 1.27. The van der Waals surface area contributed by atoms with E-state index in [1.165, 1.54) is 0 Å². The van der Waals surface area contributed by atoms with E-state index in [4.69, 9.17) is 0 Å². The van der Waals surface area contributed by atoms with Crippen LogP contribution in [-0.2, 0) is 0 Å². The van der Waals surface area contributed by atoms with Crippen molar-refractivity contribution < 1.29 is 0 Å². The molecule has 0 aliphatic rings. The quantitative estimate of drug-likeness (QED) is 0.620. The first kappa shape index (κ1) is 5.22. The van der Waals surface area contributed by atoms with Crippen LogP contribution in [0.1, 0.15) is 0 Å². The van der Waals surface area contributed by atoms with Crippen molar-refractivity contribution in [1.82, 2.24) is 20.0 Å². The zero-order valence-electron chi connectivity index (χ0n) is 5.23. The number of hydrogen-bond donors (Lipinski definition) is 1. The Hall–Kier alpha value is -1.58. The summed E-state index contributed by atoms with van der Waals surface area (Å²) in [4.78, 5) is 0. The monoisotopic (exact) mass is 134 g/mol. The zero-order chi connectivity index (χ0) is 6.81. The van der Waals surface area contributed by atoms with Gasteiger partial charge in [0.15, 0.2) is 5.82 Å². The molecule has 4 heteroatoms. The maximum absolute atomic E-state index is 3.82. The molecular formula is C6H6N4. The Kier molecular flexibility index (Phi) is 1.04. The molecular weight excluding hydrogens is 128 g/mol. The van der Waals surface area contributed by atoms with E-state index < -0.39 is 0 Å². The van der Waals surface area contributed by atoms with E-state index in [-0.39, 0.29) is 0 Å². The molecule has 0 aliphatic carbocycles. The third kappa shape index (κ3) is 0.699. The highest BCUT2D eigenvalue weighted by atomic mass is 15.4. The molecule has 0 amide bonds. The first-order valence-electron chi connectivity index (χ1n) is 2.96. The number of aromatic nitrogens is 4. The molecule has 0 spiro atoms. The maximum Gasteiger partial charge on any atom is 0.178 e. The molecule has 0 unspecified atom stereocenters. The highest BCUT2D eigenvalue weighted by Crippen LogP contribution is 1.99. The lowest BCUT2D eigenvalue weighted by Crippen LogP contribution is -1.88. The third-order valence-electron chi connectivity index (χ3n) is 1.27. The summed E-state index contributed by atoms with van der Waals surface area (Å²) in [5.41, 5.74) is 0. The predicted octanol–water partition coefficient (Wildman–Crippen LogP) is 0.595. The minimum atomic E-state index is 0.810. The Balaban J connectivity index is 2.48. The lowest BCUT2D eigenvalue weighted by molar-refractivity contribution is 0.909. The zero-order valence-corrected chi connectivity index (χ0v) is 5.23. The molecule has 10 heavy (non-hydrogen) atoms. The molecule has 0 aliphatic heterocycles. The van der Waals surface area contributed by atoms with Crippen molar-refractivity contribution in [2.75, 3.05) is 0 Å². The van der Waals surface area contributed by atoms with E-state index in [2.05, 4.69) is 15.4 Å². The minimum absolute atomic E-state index is 0.810. The Morgan fingerprint density at radius 1 is 1.30 bits per heavy atom.